The van der Waals surface area contributed by atoms with Gasteiger partial charge in [0.05, 0.1) is 0 Å². The van der Waals surface area contributed by atoms with Crippen molar-refractivity contribution in [2.24, 2.45) is 0 Å². The number of hydrogen-bond donors (Lipinski definition) is 0. The van der Waals surface area contributed by atoms with Gasteiger partial charge in [-0.05, 0) is 66.7 Å². The summed E-state index contributed by atoms with van der Waals surface area (Å²) in [7, 11) is 0. The van der Waals surface area contributed by atoms with Gasteiger partial charge in [0.25, 0.3) is 0 Å². The van der Waals surface area contributed by atoms with Gasteiger partial charge in [0.15, 0.2) is 0 Å². The largest absolute Gasteiger partial charge is 0.0622 e. The molecule has 0 heteroatoms. The second-order valence-corrected chi connectivity index (χ2v) is 7.80. The van der Waals surface area contributed by atoms with Gasteiger partial charge in [-0.3, -0.25) is 0 Å². The third-order valence-electron chi connectivity index (χ3n) is 6.05. The predicted octanol–water partition coefficient (Wildman–Crippen LogP) is 8.48. The van der Waals surface area contributed by atoms with Crippen LogP contribution in [0.5, 0.6) is 0 Å². The lowest BCUT2D eigenvalue weighted by molar-refractivity contribution is 1.60. The van der Waals surface area contributed by atoms with E-state index in [0.29, 0.717) is 0 Å². The van der Waals surface area contributed by atoms with Gasteiger partial charge in [0.2, 0.25) is 0 Å². The molecule has 0 amide bonds. The van der Waals surface area contributed by atoms with Crippen LogP contribution in [0.4, 0.5) is 0 Å². The zero-order chi connectivity index (χ0) is 19.9. The highest BCUT2D eigenvalue weighted by atomic mass is 14.1. The van der Waals surface area contributed by atoms with Crippen LogP contribution in [0.1, 0.15) is 0 Å². The van der Waals surface area contributed by atoms with Gasteiger partial charge >= 0.3 is 0 Å². The molecule has 0 N–H and O–H groups in total. The molecule has 0 heterocycles. The van der Waals surface area contributed by atoms with E-state index in [0.717, 1.165) is 0 Å². The molecule has 0 unspecified atom stereocenters. The number of benzene rings is 6. The van der Waals surface area contributed by atoms with Crippen molar-refractivity contribution in [1.82, 2.24) is 0 Å². The Hall–Kier alpha value is -3.90. The first-order valence-corrected chi connectivity index (χ1v) is 10.4. The Kier molecular flexibility index (Phi) is 3.89. The lowest BCUT2D eigenvalue weighted by Crippen LogP contribution is -1.85. The summed E-state index contributed by atoms with van der Waals surface area (Å²) < 4.78 is 0. The van der Waals surface area contributed by atoms with Crippen molar-refractivity contribution < 1.29 is 0 Å². The van der Waals surface area contributed by atoms with Crippen molar-refractivity contribution in [2.45, 2.75) is 0 Å². The van der Waals surface area contributed by atoms with Gasteiger partial charge in [0.1, 0.15) is 0 Å². The summed E-state index contributed by atoms with van der Waals surface area (Å²) in [4.78, 5) is 0. The molecular formula is C30H20. The van der Waals surface area contributed by atoms with Crippen LogP contribution < -0.4 is 0 Å². The van der Waals surface area contributed by atoms with E-state index >= 15 is 0 Å². The quantitative estimate of drug-likeness (QED) is 0.264. The maximum Gasteiger partial charge on any atom is -0.00928 e. The zero-order valence-corrected chi connectivity index (χ0v) is 16.5. The highest BCUT2D eigenvalue weighted by molar-refractivity contribution is 6.25. The van der Waals surface area contributed by atoms with Crippen LogP contribution in [0.15, 0.2) is 121 Å². The molecule has 0 aromatic heterocycles. The van der Waals surface area contributed by atoms with E-state index in [4.69, 9.17) is 0 Å². The lowest BCUT2D eigenvalue weighted by Gasteiger charge is -2.12. The Balaban J connectivity index is 1.61. The van der Waals surface area contributed by atoms with E-state index in [1.54, 1.807) is 0 Å². The molecule has 0 saturated heterocycles. The highest BCUT2D eigenvalue weighted by Gasteiger charge is 2.09. The lowest BCUT2D eigenvalue weighted by atomic mass is 9.91. The van der Waals surface area contributed by atoms with Crippen molar-refractivity contribution >= 4 is 32.3 Å². The average molecular weight is 380 g/mol. The molecule has 0 bridgehead atoms. The minimum absolute atomic E-state index is 1.25. The Morgan fingerprint density at radius 3 is 1.30 bits per heavy atom. The first-order valence-electron chi connectivity index (χ1n) is 10.4. The molecule has 0 aliphatic carbocycles. The second-order valence-electron chi connectivity index (χ2n) is 7.80. The summed E-state index contributed by atoms with van der Waals surface area (Å²) in [6.45, 7) is 0. The summed E-state index contributed by atoms with van der Waals surface area (Å²) in [5.41, 5.74) is 4.99. The third kappa shape index (κ3) is 2.69. The fourth-order valence-corrected chi connectivity index (χ4v) is 4.60. The van der Waals surface area contributed by atoms with Crippen LogP contribution in [0.2, 0.25) is 0 Å². The van der Waals surface area contributed by atoms with E-state index in [2.05, 4.69) is 121 Å². The minimum atomic E-state index is 1.25. The molecule has 30 heavy (non-hydrogen) atoms. The Labute approximate surface area is 176 Å². The van der Waals surface area contributed by atoms with Crippen molar-refractivity contribution in [3.05, 3.63) is 121 Å². The third-order valence-corrected chi connectivity index (χ3v) is 6.05. The van der Waals surface area contributed by atoms with E-state index in [-0.39, 0.29) is 0 Å². The second kappa shape index (κ2) is 6.86. The van der Waals surface area contributed by atoms with Gasteiger partial charge in [0, 0.05) is 0 Å². The van der Waals surface area contributed by atoms with Crippen molar-refractivity contribution in [3.63, 3.8) is 0 Å². The van der Waals surface area contributed by atoms with Gasteiger partial charge in [-0.25, -0.2) is 0 Å². The molecule has 140 valence electrons. The van der Waals surface area contributed by atoms with Crippen molar-refractivity contribution in [2.75, 3.05) is 0 Å². The molecule has 0 fully saturated rings. The topological polar surface area (TPSA) is 0 Å². The molecule has 0 spiro atoms. The summed E-state index contributed by atoms with van der Waals surface area (Å²) >= 11 is 0. The molecule has 0 aliphatic rings. The molecule has 6 aromatic carbocycles. The minimum Gasteiger partial charge on any atom is -0.0622 e. The van der Waals surface area contributed by atoms with Crippen LogP contribution in [0.25, 0.3) is 54.6 Å². The van der Waals surface area contributed by atoms with E-state index in [9.17, 15) is 0 Å². The first-order chi connectivity index (χ1) is 14.9. The fraction of sp³-hybridized carbons (Fsp3) is 0. The van der Waals surface area contributed by atoms with Gasteiger partial charge in [-0.2, -0.15) is 0 Å². The SMILES string of the molecule is c1ccc(-c2cccc(-c3ccc4c5ccccc5c5ccccc5c4c3)c2)cc1. The molecule has 0 saturated carbocycles. The van der Waals surface area contributed by atoms with Crippen LogP contribution in [0, 0.1) is 0 Å². The van der Waals surface area contributed by atoms with E-state index in [1.165, 1.54) is 54.6 Å². The molecule has 0 aliphatic heterocycles. The molecule has 6 aromatic rings. The number of fused-ring (bicyclic) bond motifs is 6. The standard InChI is InChI=1S/C30H20/c1-2-9-21(10-3-1)22-11-8-12-23(19-22)24-17-18-29-27-15-5-4-13-25(27)26-14-6-7-16-28(26)30(29)20-24/h1-20H. The molecule has 0 nitrogen and oxygen atoms in total. The van der Waals surface area contributed by atoms with Crippen molar-refractivity contribution in [1.29, 1.82) is 0 Å². The van der Waals surface area contributed by atoms with Gasteiger partial charge < -0.3 is 0 Å². The van der Waals surface area contributed by atoms with Gasteiger partial charge in [-0.1, -0.05) is 109 Å². The number of rotatable bonds is 2. The Morgan fingerprint density at radius 2 is 0.667 bits per heavy atom. The maximum absolute atomic E-state index is 2.36. The summed E-state index contributed by atoms with van der Waals surface area (Å²) in [6, 6.07) is 43.8. The smallest absolute Gasteiger partial charge is 0.00928 e. The highest BCUT2D eigenvalue weighted by Crippen LogP contribution is 2.37. The summed E-state index contributed by atoms with van der Waals surface area (Å²) in [5, 5.41) is 7.89. The maximum atomic E-state index is 2.36. The zero-order valence-electron chi connectivity index (χ0n) is 16.5. The van der Waals surface area contributed by atoms with Crippen LogP contribution in [0.3, 0.4) is 0 Å². The normalized spacial score (nSPS) is 11.3. The summed E-state index contributed by atoms with van der Waals surface area (Å²) in [6.07, 6.45) is 0. The van der Waals surface area contributed by atoms with Crippen molar-refractivity contribution in [3.8, 4) is 22.3 Å². The fourth-order valence-electron chi connectivity index (χ4n) is 4.60. The van der Waals surface area contributed by atoms with E-state index in [1.807, 2.05) is 0 Å². The van der Waals surface area contributed by atoms with Crippen LogP contribution >= 0.6 is 0 Å². The Morgan fingerprint density at radius 1 is 0.233 bits per heavy atom. The Bertz CT molecular complexity index is 1490. The summed E-state index contributed by atoms with van der Waals surface area (Å²) in [5.74, 6) is 0. The van der Waals surface area contributed by atoms with Gasteiger partial charge in [-0.15, -0.1) is 0 Å². The number of hydrogen-bond acceptors (Lipinski definition) is 0. The first kappa shape index (κ1) is 17.0. The molecule has 0 radical (unpaired) electrons. The average Bonchev–Trinajstić information content (AvgIpc) is 2.84. The predicted molar refractivity (Wildman–Crippen MR) is 130 cm³/mol. The molecule has 6 rings (SSSR count). The monoisotopic (exact) mass is 380 g/mol. The molecule has 0 atom stereocenters. The molecular weight excluding hydrogens is 360 g/mol. The van der Waals surface area contributed by atoms with Crippen LogP contribution in [-0.2, 0) is 0 Å². The van der Waals surface area contributed by atoms with E-state index < -0.39 is 0 Å². The van der Waals surface area contributed by atoms with Crippen LogP contribution in [-0.4, -0.2) is 0 Å².